The zero-order valence-electron chi connectivity index (χ0n) is 14.8. The number of hydrogen-bond donors (Lipinski definition) is 1. The number of ether oxygens (including phenoxy) is 1. The van der Waals surface area contributed by atoms with Crippen molar-refractivity contribution in [1.82, 2.24) is 14.3 Å². The highest BCUT2D eigenvalue weighted by molar-refractivity contribution is 7.09. The van der Waals surface area contributed by atoms with Gasteiger partial charge in [-0.2, -0.15) is 17.5 Å². The van der Waals surface area contributed by atoms with Crippen LogP contribution in [0.5, 0.6) is 0 Å². The van der Waals surface area contributed by atoms with Crippen LogP contribution in [0.25, 0.3) is 0 Å². The number of carbonyl (C=O) groups is 1. The van der Waals surface area contributed by atoms with Crippen LogP contribution in [0.4, 0.5) is 18.3 Å². The zero-order chi connectivity index (χ0) is 18.9. The second-order valence-electron chi connectivity index (χ2n) is 7.11. The van der Waals surface area contributed by atoms with Gasteiger partial charge in [0.25, 0.3) is 5.91 Å². The molecule has 2 saturated heterocycles. The topological polar surface area (TPSA) is 67.4 Å². The van der Waals surface area contributed by atoms with Gasteiger partial charge in [-0.25, -0.2) is 4.98 Å². The molecule has 0 spiro atoms. The van der Waals surface area contributed by atoms with Crippen molar-refractivity contribution < 1.29 is 22.7 Å². The Morgan fingerprint density at radius 2 is 2.12 bits per heavy atom. The lowest BCUT2D eigenvalue weighted by atomic mass is 10.0. The number of rotatable bonds is 4. The number of likely N-dealkylation sites (tertiary alicyclic amines) is 1. The summed E-state index contributed by atoms with van der Waals surface area (Å²) in [5.41, 5.74) is 0. The first-order valence-electron chi connectivity index (χ1n) is 8.83. The van der Waals surface area contributed by atoms with Gasteiger partial charge in [0.2, 0.25) is 5.13 Å². The summed E-state index contributed by atoms with van der Waals surface area (Å²) in [6.45, 7) is 3.96. The summed E-state index contributed by atoms with van der Waals surface area (Å²) in [6, 6.07) is -0.935. The molecule has 0 radical (unpaired) electrons. The average Bonchev–Trinajstić information content (AvgIpc) is 3.22. The minimum Gasteiger partial charge on any atom is -0.368 e. The summed E-state index contributed by atoms with van der Waals surface area (Å²) < 4.78 is 50.1. The predicted octanol–water partition coefficient (Wildman–Crippen LogP) is 3.03. The van der Waals surface area contributed by atoms with Crippen molar-refractivity contribution in [2.75, 3.05) is 25.0 Å². The maximum atomic E-state index is 13.5. The van der Waals surface area contributed by atoms with E-state index in [4.69, 9.17) is 4.74 Å². The van der Waals surface area contributed by atoms with Crippen molar-refractivity contribution in [3.63, 3.8) is 0 Å². The smallest absolute Gasteiger partial charge is 0.368 e. The molecule has 2 aliphatic rings. The van der Waals surface area contributed by atoms with E-state index in [1.807, 2.05) is 13.8 Å². The number of nitrogens with one attached hydrogen (secondary N) is 1. The fourth-order valence-electron chi connectivity index (χ4n) is 3.29. The SMILES string of the molecule is CC(C)c1nsc(N[C@@H]2CN(C(=O)C3CCCCO3)C[C@H]2C(F)(F)F)n1. The highest BCUT2D eigenvalue weighted by atomic mass is 32.1. The number of halogens is 3. The molecule has 1 N–H and O–H groups in total. The predicted molar refractivity (Wildman–Crippen MR) is 91.1 cm³/mol. The summed E-state index contributed by atoms with van der Waals surface area (Å²) >= 11 is 1.05. The van der Waals surface area contributed by atoms with Crippen molar-refractivity contribution in [2.45, 2.75) is 57.3 Å². The van der Waals surface area contributed by atoms with E-state index < -0.39 is 24.2 Å². The van der Waals surface area contributed by atoms with Crippen LogP contribution in [-0.4, -0.2) is 58.2 Å². The van der Waals surface area contributed by atoms with Crippen LogP contribution in [0, 0.1) is 5.92 Å². The van der Waals surface area contributed by atoms with Crippen LogP contribution in [0.15, 0.2) is 0 Å². The van der Waals surface area contributed by atoms with Crippen molar-refractivity contribution in [1.29, 1.82) is 0 Å². The Kier molecular flexibility index (Phi) is 5.71. The molecule has 0 aliphatic carbocycles. The van der Waals surface area contributed by atoms with Crippen LogP contribution in [0.2, 0.25) is 0 Å². The van der Waals surface area contributed by atoms with Gasteiger partial charge in [-0.1, -0.05) is 13.8 Å². The van der Waals surface area contributed by atoms with Gasteiger partial charge in [-0.15, -0.1) is 0 Å². The highest BCUT2D eigenvalue weighted by Gasteiger charge is 2.51. The molecule has 6 nitrogen and oxygen atoms in total. The average molecular weight is 392 g/mol. The van der Waals surface area contributed by atoms with Crippen molar-refractivity contribution >= 4 is 22.6 Å². The normalized spacial score (nSPS) is 27.2. The van der Waals surface area contributed by atoms with Gasteiger partial charge in [0.15, 0.2) is 0 Å². The van der Waals surface area contributed by atoms with Crippen molar-refractivity contribution in [3.05, 3.63) is 5.82 Å². The number of amides is 1. The van der Waals surface area contributed by atoms with Gasteiger partial charge in [0.05, 0.1) is 12.0 Å². The Balaban J connectivity index is 1.71. The van der Waals surface area contributed by atoms with Gasteiger partial charge in [0.1, 0.15) is 11.9 Å². The molecule has 2 aliphatic heterocycles. The molecule has 3 rings (SSSR count). The number of carbonyl (C=O) groups excluding carboxylic acids is 1. The summed E-state index contributed by atoms with van der Waals surface area (Å²) in [6.07, 6.45) is -2.71. The minimum atomic E-state index is -4.40. The van der Waals surface area contributed by atoms with Gasteiger partial charge in [-0.3, -0.25) is 4.79 Å². The molecular formula is C16H23F3N4O2S. The fourth-order valence-corrected chi connectivity index (χ4v) is 4.06. The molecule has 3 heterocycles. The lowest BCUT2D eigenvalue weighted by molar-refractivity contribution is -0.173. The maximum absolute atomic E-state index is 13.5. The molecule has 1 unspecified atom stereocenters. The van der Waals surface area contributed by atoms with E-state index in [9.17, 15) is 18.0 Å². The number of aromatic nitrogens is 2. The van der Waals surface area contributed by atoms with E-state index in [1.54, 1.807) is 0 Å². The van der Waals surface area contributed by atoms with E-state index in [2.05, 4.69) is 14.7 Å². The monoisotopic (exact) mass is 392 g/mol. The minimum absolute atomic E-state index is 0.0144. The molecule has 1 aromatic heterocycles. The van der Waals surface area contributed by atoms with Crippen LogP contribution in [0.3, 0.4) is 0 Å². The van der Waals surface area contributed by atoms with Crippen LogP contribution < -0.4 is 5.32 Å². The van der Waals surface area contributed by atoms with Crippen LogP contribution in [-0.2, 0) is 9.53 Å². The summed E-state index contributed by atoms with van der Waals surface area (Å²) in [7, 11) is 0. The number of alkyl halides is 3. The van der Waals surface area contributed by atoms with E-state index >= 15 is 0 Å². The Bertz CT molecular complexity index is 631. The summed E-state index contributed by atoms with van der Waals surface area (Å²) in [4.78, 5) is 18.1. The Morgan fingerprint density at radius 3 is 2.69 bits per heavy atom. The van der Waals surface area contributed by atoms with Crippen LogP contribution >= 0.6 is 11.5 Å². The molecule has 0 bridgehead atoms. The van der Waals surface area contributed by atoms with Crippen molar-refractivity contribution in [3.8, 4) is 0 Å². The molecule has 2 fully saturated rings. The van der Waals surface area contributed by atoms with Gasteiger partial charge < -0.3 is 15.0 Å². The van der Waals surface area contributed by atoms with Crippen LogP contribution in [0.1, 0.15) is 44.9 Å². The number of nitrogens with zero attached hydrogens (tertiary/aromatic N) is 3. The fraction of sp³-hybridized carbons (Fsp3) is 0.812. The third-order valence-electron chi connectivity index (χ3n) is 4.77. The largest absolute Gasteiger partial charge is 0.395 e. The molecular weight excluding hydrogens is 369 g/mol. The molecule has 1 amide bonds. The second-order valence-corrected chi connectivity index (χ2v) is 7.86. The zero-order valence-corrected chi connectivity index (χ0v) is 15.6. The molecule has 1 aromatic rings. The quantitative estimate of drug-likeness (QED) is 0.853. The number of anilines is 1. The first kappa shape index (κ1) is 19.3. The molecule has 26 heavy (non-hydrogen) atoms. The molecule has 10 heteroatoms. The summed E-state index contributed by atoms with van der Waals surface area (Å²) in [5, 5.41) is 3.21. The first-order valence-corrected chi connectivity index (χ1v) is 9.60. The molecule has 146 valence electrons. The van der Waals surface area contributed by atoms with Gasteiger partial charge >= 0.3 is 6.18 Å². The lowest BCUT2D eigenvalue weighted by Gasteiger charge is -2.26. The maximum Gasteiger partial charge on any atom is 0.395 e. The first-order chi connectivity index (χ1) is 12.3. The summed E-state index contributed by atoms with van der Waals surface area (Å²) in [5.74, 6) is -1.28. The van der Waals surface area contributed by atoms with E-state index in [0.29, 0.717) is 24.0 Å². The van der Waals surface area contributed by atoms with E-state index in [1.165, 1.54) is 4.90 Å². The van der Waals surface area contributed by atoms with Crippen molar-refractivity contribution in [2.24, 2.45) is 5.92 Å². The Morgan fingerprint density at radius 1 is 1.35 bits per heavy atom. The number of hydrogen-bond acceptors (Lipinski definition) is 6. The van der Waals surface area contributed by atoms with Gasteiger partial charge in [0, 0.05) is 37.1 Å². The third-order valence-corrected chi connectivity index (χ3v) is 5.43. The van der Waals surface area contributed by atoms with Gasteiger partial charge in [-0.05, 0) is 19.3 Å². The Hall–Kier alpha value is -1.42. The highest BCUT2D eigenvalue weighted by Crippen LogP contribution is 2.36. The third kappa shape index (κ3) is 4.28. The molecule has 0 saturated carbocycles. The van der Waals surface area contributed by atoms with E-state index in [0.717, 1.165) is 24.4 Å². The standard InChI is InChI=1S/C16H23F3N4O2S/c1-9(2)13-21-15(26-22-13)20-11-8-23(7-10(11)16(17,18)19)14(24)12-5-3-4-6-25-12/h9-12H,3-8H2,1-2H3,(H,20,21,22)/t10-,11-,12?/m1/s1. The molecule has 0 aromatic carbocycles. The second kappa shape index (κ2) is 7.67. The molecule has 3 atom stereocenters. The Labute approximate surface area is 154 Å². The lowest BCUT2D eigenvalue weighted by Crippen LogP contribution is -2.41. The van der Waals surface area contributed by atoms with E-state index in [-0.39, 0.29) is 24.9 Å².